The van der Waals surface area contributed by atoms with E-state index >= 15 is 0 Å². The van der Waals surface area contributed by atoms with Crippen LogP contribution in [-0.2, 0) is 14.9 Å². The molecule has 28 heavy (non-hydrogen) atoms. The summed E-state index contributed by atoms with van der Waals surface area (Å²) in [6.07, 6.45) is 6.38. The van der Waals surface area contributed by atoms with Crippen molar-refractivity contribution in [1.29, 1.82) is 0 Å². The molecule has 2 N–H and O–H groups in total. The number of aliphatic hydroxyl groups is 1. The molecule has 2 bridgehead atoms. The minimum atomic E-state index is -0.435. The maximum absolute atomic E-state index is 12.2. The van der Waals surface area contributed by atoms with Crippen LogP contribution in [0.3, 0.4) is 0 Å². The summed E-state index contributed by atoms with van der Waals surface area (Å²) in [6.45, 7) is 11.8. The van der Waals surface area contributed by atoms with Gasteiger partial charge in [0.15, 0.2) is 0 Å². The fourth-order valence-electron chi connectivity index (χ4n) is 4.23. The van der Waals surface area contributed by atoms with E-state index in [1.807, 2.05) is 27.6 Å². The molecule has 158 valence electrons. The summed E-state index contributed by atoms with van der Waals surface area (Å²) < 4.78 is 5.46. The molecule has 1 aromatic rings. The van der Waals surface area contributed by atoms with E-state index < -0.39 is 5.60 Å². The van der Waals surface area contributed by atoms with Crippen LogP contribution in [0, 0.1) is 6.92 Å². The third-order valence-corrected chi connectivity index (χ3v) is 5.68. The molecule has 0 spiro atoms. The number of amides is 1. The quantitative estimate of drug-likeness (QED) is 0.768. The lowest BCUT2D eigenvalue weighted by Gasteiger charge is -2.54. The molecule has 3 saturated carbocycles. The number of carbonyl (C=O) groups excluding carboxylic acids is 2. The van der Waals surface area contributed by atoms with Crippen LogP contribution in [0.15, 0.2) is 24.3 Å². The highest BCUT2D eigenvalue weighted by molar-refractivity contribution is 5.69. The average Bonchev–Trinajstić information content (AvgIpc) is 2.64. The first kappa shape index (κ1) is 24.2. The first-order valence-corrected chi connectivity index (χ1v) is 10.1. The molecule has 5 heteroatoms. The Labute approximate surface area is 169 Å². The Kier molecular flexibility index (Phi) is 8.68. The second-order valence-corrected chi connectivity index (χ2v) is 8.87. The van der Waals surface area contributed by atoms with Gasteiger partial charge >= 0.3 is 6.09 Å². The molecule has 0 heterocycles. The zero-order valence-corrected chi connectivity index (χ0v) is 18.1. The standard InChI is InChI=1S/C20H29NO2.C2H6O.CH2O/c1-15-5-7-16(8-6-15)19-9-12-20(13-10-19,14-11-19)21-17(22)23-18(2,3)4;1-2-3;1-2/h5-8H,9-14H2,1-4H3,(H,21,22);3H,2H2,1H3;1H2. The van der Waals surface area contributed by atoms with Crippen molar-refractivity contribution in [2.75, 3.05) is 6.61 Å². The number of rotatable bonds is 2. The van der Waals surface area contributed by atoms with Gasteiger partial charge in [-0.3, -0.25) is 0 Å². The summed E-state index contributed by atoms with van der Waals surface area (Å²) in [7, 11) is 0. The van der Waals surface area contributed by atoms with Crippen molar-refractivity contribution in [2.24, 2.45) is 0 Å². The maximum atomic E-state index is 12.2. The number of aryl methyl sites for hydroxylation is 1. The maximum Gasteiger partial charge on any atom is 0.408 e. The van der Waals surface area contributed by atoms with Gasteiger partial charge in [-0.1, -0.05) is 29.8 Å². The van der Waals surface area contributed by atoms with Crippen molar-refractivity contribution in [1.82, 2.24) is 5.32 Å². The van der Waals surface area contributed by atoms with Crippen LogP contribution in [0.4, 0.5) is 4.79 Å². The normalized spacial score (nSPS) is 25.5. The highest BCUT2D eigenvalue weighted by Gasteiger charge is 2.50. The summed E-state index contributed by atoms with van der Waals surface area (Å²) in [5, 5.41) is 10.8. The molecule has 0 radical (unpaired) electrons. The van der Waals surface area contributed by atoms with Gasteiger partial charge in [0.1, 0.15) is 12.4 Å². The number of ether oxygens (including phenoxy) is 1. The fourth-order valence-corrected chi connectivity index (χ4v) is 4.23. The molecule has 0 unspecified atom stereocenters. The van der Waals surface area contributed by atoms with Crippen molar-refractivity contribution < 1.29 is 19.4 Å². The van der Waals surface area contributed by atoms with E-state index in [4.69, 9.17) is 14.6 Å². The SMILES string of the molecule is C=O.CCO.Cc1ccc(C23CCC(NC(=O)OC(C)(C)C)(CC2)CC3)cc1. The molecule has 5 nitrogen and oxygen atoms in total. The number of fused-ring (bicyclic) bond motifs is 3. The Bertz CT molecular complexity index is 594. The predicted molar refractivity (Wildman–Crippen MR) is 113 cm³/mol. The van der Waals surface area contributed by atoms with E-state index in [9.17, 15) is 4.79 Å². The summed E-state index contributed by atoms with van der Waals surface area (Å²) in [5.41, 5.74) is 2.64. The Morgan fingerprint density at radius 2 is 1.50 bits per heavy atom. The number of hydrogen-bond donors (Lipinski definition) is 2. The topological polar surface area (TPSA) is 75.6 Å². The lowest BCUT2D eigenvalue weighted by Crippen LogP contribution is -2.58. The summed E-state index contributed by atoms with van der Waals surface area (Å²) in [6, 6.07) is 9.04. The predicted octanol–water partition coefficient (Wildman–Crippen LogP) is 4.68. The molecule has 3 aliphatic carbocycles. The first-order valence-electron chi connectivity index (χ1n) is 10.1. The van der Waals surface area contributed by atoms with Gasteiger partial charge in [-0.2, -0.15) is 0 Å². The third-order valence-electron chi connectivity index (χ3n) is 5.68. The Hall–Kier alpha value is -1.88. The molecule has 1 aromatic carbocycles. The second-order valence-electron chi connectivity index (χ2n) is 8.87. The minimum absolute atomic E-state index is 0.0468. The van der Waals surface area contributed by atoms with Crippen LogP contribution in [0.1, 0.15) is 77.3 Å². The Morgan fingerprint density at radius 1 is 1.07 bits per heavy atom. The number of hydrogen-bond acceptors (Lipinski definition) is 4. The molecule has 3 fully saturated rings. The lowest BCUT2D eigenvalue weighted by molar-refractivity contribution is -0.0980. The number of aliphatic hydroxyl groups excluding tert-OH is 1. The van der Waals surface area contributed by atoms with Crippen LogP contribution in [0.2, 0.25) is 0 Å². The summed E-state index contributed by atoms with van der Waals surface area (Å²) in [5.74, 6) is 0. The number of nitrogens with one attached hydrogen (secondary N) is 1. The van der Waals surface area contributed by atoms with E-state index in [1.54, 1.807) is 6.92 Å². The lowest BCUT2D eigenvalue weighted by atomic mass is 9.55. The van der Waals surface area contributed by atoms with E-state index in [-0.39, 0.29) is 18.2 Å². The van der Waals surface area contributed by atoms with E-state index in [1.165, 1.54) is 11.1 Å². The van der Waals surface area contributed by atoms with Crippen LogP contribution in [-0.4, -0.2) is 35.7 Å². The molecule has 3 aliphatic rings. The van der Waals surface area contributed by atoms with Gasteiger partial charge in [0, 0.05) is 12.1 Å². The monoisotopic (exact) mass is 391 g/mol. The van der Waals surface area contributed by atoms with E-state index in [2.05, 4.69) is 36.5 Å². The minimum Gasteiger partial charge on any atom is -0.444 e. The van der Waals surface area contributed by atoms with Crippen LogP contribution < -0.4 is 5.32 Å². The highest BCUT2D eigenvalue weighted by Crippen LogP contribution is 2.53. The fraction of sp³-hybridized carbons (Fsp3) is 0.652. The van der Waals surface area contributed by atoms with Crippen molar-refractivity contribution in [3.05, 3.63) is 35.4 Å². The average molecular weight is 392 g/mol. The van der Waals surface area contributed by atoms with Crippen molar-refractivity contribution >= 4 is 12.9 Å². The van der Waals surface area contributed by atoms with Crippen LogP contribution in [0.5, 0.6) is 0 Å². The number of alkyl carbamates (subject to hydrolysis) is 1. The molecule has 4 rings (SSSR count). The van der Waals surface area contributed by atoms with Gasteiger partial charge in [0.2, 0.25) is 0 Å². The molecular formula is C23H37NO4. The zero-order chi connectivity index (χ0) is 21.4. The van der Waals surface area contributed by atoms with Crippen LogP contribution >= 0.6 is 0 Å². The highest BCUT2D eigenvalue weighted by atomic mass is 16.6. The summed E-state index contributed by atoms with van der Waals surface area (Å²) >= 11 is 0. The molecule has 1 amide bonds. The van der Waals surface area contributed by atoms with Gasteiger partial charge in [-0.05, 0) is 84.1 Å². The zero-order valence-electron chi connectivity index (χ0n) is 18.1. The van der Waals surface area contributed by atoms with Gasteiger partial charge in [0.05, 0.1) is 0 Å². The molecule has 0 aromatic heterocycles. The van der Waals surface area contributed by atoms with Gasteiger partial charge in [-0.25, -0.2) is 4.79 Å². The largest absolute Gasteiger partial charge is 0.444 e. The van der Waals surface area contributed by atoms with Crippen LogP contribution in [0.25, 0.3) is 0 Å². The van der Waals surface area contributed by atoms with Crippen molar-refractivity contribution in [3.63, 3.8) is 0 Å². The molecular weight excluding hydrogens is 354 g/mol. The Morgan fingerprint density at radius 3 is 1.89 bits per heavy atom. The van der Waals surface area contributed by atoms with E-state index in [0.29, 0.717) is 5.41 Å². The third kappa shape index (κ3) is 6.33. The molecule has 0 aliphatic heterocycles. The first-order chi connectivity index (χ1) is 13.1. The van der Waals surface area contributed by atoms with Gasteiger partial charge in [0.25, 0.3) is 0 Å². The second kappa shape index (κ2) is 10.1. The summed E-state index contributed by atoms with van der Waals surface area (Å²) in [4.78, 5) is 20.2. The number of benzene rings is 1. The number of carbonyl (C=O) groups is 2. The molecule has 0 saturated heterocycles. The van der Waals surface area contributed by atoms with E-state index in [0.717, 1.165) is 38.5 Å². The smallest absolute Gasteiger partial charge is 0.408 e. The Balaban J connectivity index is 0.000000717. The van der Waals surface area contributed by atoms with Crippen molar-refractivity contribution in [2.45, 2.75) is 89.7 Å². The van der Waals surface area contributed by atoms with Crippen molar-refractivity contribution in [3.8, 4) is 0 Å². The van der Waals surface area contributed by atoms with Gasteiger partial charge in [-0.15, -0.1) is 0 Å². The van der Waals surface area contributed by atoms with Gasteiger partial charge < -0.3 is 20.0 Å². The molecule has 0 atom stereocenters.